The van der Waals surface area contributed by atoms with Crippen molar-refractivity contribution in [1.82, 2.24) is 14.5 Å². The number of fused-ring (bicyclic) bond motifs is 1. The lowest BCUT2D eigenvalue weighted by Crippen LogP contribution is -2.37. The maximum atomic E-state index is 12.2. The molecule has 6 nitrogen and oxygen atoms in total. The SMILES string of the molecule is C=CCOCC1CN(C(=O)COCC)Cc2nccn2C1. The molecule has 116 valence electrons. The number of aromatic nitrogens is 2. The van der Waals surface area contributed by atoms with Gasteiger partial charge in [0.1, 0.15) is 12.4 Å². The number of hydrogen-bond acceptors (Lipinski definition) is 4. The van der Waals surface area contributed by atoms with Crippen LogP contribution in [0.4, 0.5) is 0 Å². The summed E-state index contributed by atoms with van der Waals surface area (Å²) in [7, 11) is 0. The van der Waals surface area contributed by atoms with Gasteiger partial charge in [0, 0.05) is 38.0 Å². The van der Waals surface area contributed by atoms with E-state index in [1.54, 1.807) is 12.3 Å². The second kappa shape index (κ2) is 7.95. The highest BCUT2D eigenvalue weighted by Crippen LogP contribution is 2.16. The third-order valence-corrected chi connectivity index (χ3v) is 3.44. The Morgan fingerprint density at radius 3 is 3.14 bits per heavy atom. The van der Waals surface area contributed by atoms with Gasteiger partial charge in [-0.25, -0.2) is 4.98 Å². The minimum atomic E-state index is 0.00187. The third kappa shape index (κ3) is 4.41. The normalized spacial score (nSPS) is 18.1. The lowest BCUT2D eigenvalue weighted by atomic mass is 10.1. The summed E-state index contributed by atoms with van der Waals surface area (Å²) in [5.41, 5.74) is 0. The van der Waals surface area contributed by atoms with Gasteiger partial charge >= 0.3 is 0 Å². The Labute approximate surface area is 125 Å². The van der Waals surface area contributed by atoms with E-state index in [4.69, 9.17) is 9.47 Å². The molecule has 0 radical (unpaired) electrons. The van der Waals surface area contributed by atoms with E-state index in [0.29, 0.717) is 32.9 Å². The van der Waals surface area contributed by atoms with Crippen molar-refractivity contribution in [1.29, 1.82) is 0 Å². The van der Waals surface area contributed by atoms with Crippen LogP contribution >= 0.6 is 0 Å². The zero-order chi connectivity index (χ0) is 15.1. The van der Waals surface area contributed by atoms with Crippen LogP contribution in [0.2, 0.25) is 0 Å². The van der Waals surface area contributed by atoms with Crippen LogP contribution in [0.3, 0.4) is 0 Å². The zero-order valence-corrected chi connectivity index (χ0v) is 12.5. The highest BCUT2D eigenvalue weighted by Gasteiger charge is 2.25. The first kappa shape index (κ1) is 15.7. The number of rotatable bonds is 7. The fraction of sp³-hybridized carbons (Fsp3) is 0.600. The molecule has 0 spiro atoms. The summed E-state index contributed by atoms with van der Waals surface area (Å²) in [4.78, 5) is 18.4. The molecule has 0 aromatic carbocycles. The van der Waals surface area contributed by atoms with Crippen molar-refractivity contribution in [3.8, 4) is 0 Å². The first-order valence-electron chi connectivity index (χ1n) is 7.28. The third-order valence-electron chi connectivity index (χ3n) is 3.44. The van der Waals surface area contributed by atoms with Crippen molar-refractivity contribution >= 4 is 5.91 Å². The second-order valence-electron chi connectivity index (χ2n) is 5.10. The van der Waals surface area contributed by atoms with Gasteiger partial charge in [-0.3, -0.25) is 4.79 Å². The summed E-state index contributed by atoms with van der Waals surface area (Å²) in [5.74, 6) is 1.15. The summed E-state index contributed by atoms with van der Waals surface area (Å²) in [6.45, 7) is 9.31. The molecule has 0 saturated heterocycles. The summed E-state index contributed by atoms with van der Waals surface area (Å²) in [6.07, 6.45) is 5.46. The number of amides is 1. The fourth-order valence-corrected chi connectivity index (χ4v) is 2.43. The molecule has 1 aliphatic heterocycles. The number of hydrogen-bond donors (Lipinski definition) is 0. The Bertz CT molecular complexity index is 472. The van der Waals surface area contributed by atoms with Gasteiger partial charge in [0.05, 0.1) is 19.8 Å². The Morgan fingerprint density at radius 2 is 2.38 bits per heavy atom. The van der Waals surface area contributed by atoms with Crippen molar-refractivity contribution in [2.45, 2.75) is 20.0 Å². The fourth-order valence-electron chi connectivity index (χ4n) is 2.43. The van der Waals surface area contributed by atoms with Gasteiger partial charge in [-0.05, 0) is 6.92 Å². The van der Waals surface area contributed by atoms with Crippen molar-refractivity contribution in [2.24, 2.45) is 5.92 Å². The van der Waals surface area contributed by atoms with E-state index in [2.05, 4.69) is 16.1 Å². The van der Waals surface area contributed by atoms with Crippen molar-refractivity contribution in [3.05, 3.63) is 30.9 Å². The molecule has 2 rings (SSSR count). The molecule has 1 atom stereocenters. The van der Waals surface area contributed by atoms with Crippen molar-refractivity contribution in [2.75, 3.05) is 33.0 Å². The Morgan fingerprint density at radius 1 is 1.52 bits per heavy atom. The van der Waals surface area contributed by atoms with Crippen LogP contribution in [-0.2, 0) is 27.4 Å². The molecule has 0 saturated carbocycles. The molecule has 0 fully saturated rings. The Balaban J connectivity index is 2.03. The highest BCUT2D eigenvalue weighted by molar-refractivity contribution is 5.77. The standard InChI is InChI=1S/C15H23N3O3/c1-3-7-21-11-13-8-17-6-5-16-14(17)10-18(9-13)15(19)12-20-4-2/h3,5-6,13H,1,4,7-12H2,2H3. The van der Waals surface area contributed by atoms with Gasteiger partial charge in [-0.2, -0.15) is 0 Å². The largest absolute Gasteiger partial charge is 0.377 e. The number of carbonyl (C=O) groups is 1. The molecule has 1 unspecified atom stereocenters. The summed E-state index contributed by atoms with van der Waals surface area (Å²) < 4.78 is 12.9. The molecule has 1 aromatic rings. The predicted molar refractivity (Wildman–Crippen MR) is 78.6 cm³/mol. The quantitative estimate of drug-likeness (QED) is 0.557. The van der Waals surface area contributed by atoms with E-state index in [-0.39, 0.29) is 18.4 Å². The number of carbonyl (C=O) groups excluding carboxylic acids is 1. The van der Waals surface area contributed by atoms with Gasteiger partial charge in [0.25, 0.3) is 0 Å². The van der Waals surface area contributed by atoms with Gasteiger partial charge in [0.15, 0.2) is 0 Å². The Kier molecular flexibility index (Phi) is 5.95. The molecule has 0 aliphatic carbocycles. The van der Waals surface area contributed by atoms with Gasteiger partial charge in [-0.1, -0.05) is 6.08 Å². The van der Waals surface area contributed by atoms with Crippen LogP contribution in [0.25, 0.3) is 0 Å². The van der Waals surface area contributed by atoms with E-state index in [9.17, 15) is 4.79 Å². The second-order valence-corrected chi connectivity index (χ2v) is 5.10. The average Bonchev–Trinajstić information content (AvgIpc) is 2.83. The Hall–Kier alpha value is -1.66. The lowest BCUT2D eigenvalue weighted by molar-refractivity contribution is -0.137. The summed E-state index contributed by atoms with van der Waals surface area (Å²) in [6, 6.07) is 0. The molecule has 21 heavy (non-hydrogen) atoms. The number of nitrogens with zero attached hydrogens (tertiary/aromatic N) is 3. The van der Waals surface area contributed by atoms with Crippen LogP contribution in [0.1, 0.15) is 12.7 Å². The van der Waals surface area contributed by atoms with E-state index >= 15 is 0 Å². The number of imidazole rings is 1. The topological polar surface area (TPSA) is 56.6 Å². The monoisotopic (exact) mass is 293 g/mol. The van der Waals surface area contributed by atoms with Gasteiger partial charge in [0.2, 0.25) is 5.91 Å². The van der Waals surface area contributed by atoms with Gasteiger partial charge in [-0.15, -0.1) is 6.58 Å². The zero-order valence-electron chi connectivity index (χ0n) is 12.5. The van der Waals surface area contributed by atoms with Crippen LogP contribution in [0.5, 0.6) is 0 Å². The van der Waals surface area contributed by atoms with E-state index in [1.807, 2.05) is 18.0 Å². The first-order chi connectivity index (χ1) is 10.2. The smallest absolute Gasteiger partial charge is 0.248 e. The minimum Gasteiger partial charge on any atom is -0.377 e. The van der Waals surface area contributed by atoms with Crippen LogP contribution < -0.4 is 0 Å². The van der Waals surface area contributed by atoms with Crippen LogP contribution in [0, 0.1) is 5.92 Å². The van der Waals surface area contributed by atoms with E-state index in [0.717, 1.165) is 12.4 Å². The molecular weight excluding hydrogens is 270 g/mol. The lowest BCUT2D eigenvalue weighted by Gasteiger charge is -2.23. The van der Waals surface area contributed by atoms with Crippen LogP contribution in [-0.4, -0.2) is 53.3 Å². The molecule has 2 heterocycles. The van der Waals surface area contributed by atoms with Crippen molar-refractivity contribution < 1.29 is 14.3 Å². The molecule has 6 heteroatoms. The molecule has 0 bridgehead atoms. The molecule has 1 amide bonds. The van der Waals surface area contributed by atoms with Crippen molar-refractivity contribution in [3.63, 3.8) is 0 Å². The van der Waals surface area contributed by atoms with E-state index < -0.39 is 0 Å². The predicted octanol–water partition coefficient (Wildman–Crippen LogP) is 1.08. The van der Waals surface area contributed by atoms with Crippen LogP contribution in [0.15, 0.2) is 25.0 Å². The maximum Gasteiger partial charge on any atom is 0.248 e. The summed E-state index contributed by atoms with van der Waals surface area (Å²) in [5, 5.41) is 0. The molecule has 0 N–H and O–H groups in total. The molecule has 1 aromatic heterocycles. The maximum absolute atomic E-state index is 12.2. The average molecular weight is 293 g/mol. The molecule has 1 aliphatic rings. The minimum absolute atomic E-state index is 0.00187. The first-order valence-corrected chi connectivity index (χ1v) is 7.28. The number of ether oxygens (including phenoxy) is 2. The van der Waals surface area contributed by atoms with E-state index in [1.165, 1.54) is 0 Å². The molecular formula is C15H23N3O3. The highest BCUT2D eigenvalue weighted by atomic mass is 16.5. The summed E-state index contributed by atoms with van der Waals surface area (Å²) >= 11 is 0. The van der Waals surface area contributed by atoms with Gasteiger partial charge < -0.3 is 18.9 Å².